The molecule has 0 bridgehead atoms. The molecule has 0 spiro atoms. The summed E-state index contributed by atoms with van der Waals surface area (Å²) in [5, 5.41) is 4.39. The van der Waals surface area contributed by atoms with Crippen molar-refractivity contribution in [3.63, 3.8) is 0 Å². The quantitative estimate of drug-likeness (QED) is 0.602. The van der Waals surface area contributed by atoms with E-state index >= 15 is 0 Å². The first-order chi connectivity index (χ1) is 14.4. The monoisotopic (exact) mass is 429 g/mol. The molecule has 0 fully saturated rings. The van der Waals surface area contributed by atoms with Crippen molar-refractivity contribution in [1.29, 1.82) is 0 Å². The number of ketones is 1. The number of hydrogen-bond donors (Lipinski definition) is 1. The summed E-state index contributed by atoms with van der Waals surface area (Å²) in [6.45, 7) is 3.25. The Balaban J connectivity index is 1.70. The summed E-state index contributed by atoms with van der Waals surface area (Å²) < 4.78 is 13.4. The van der Waals surface area contributed by atoms with Crippen LogP contribution in [-0.4, -0.2) is 27.6 Å². The van der Waals surface area contributed by atoms with Gasteiger partial charge in [-0.05, 0) is 30.9 Å². The Morgan fingerprint density at radius 1 is 1.17 bits per heavy atom. The number of nitrogens with one attached hydrogen (secondary N) is 1. The molecule has 156 valence electrons. The summed E-state index contributed by atoms with van der Waals surface area (Å²) in [6, 6.07) is 4.69. The molecule has 1 aliphatic heterocycles. The molecule has 1 aromatic carbocycles. The molecule has 10 heteroatoms. The smallest absolute Gasteiger partial charge is 0.332 e. The van der Waals surface area contributed by atoms with Gasteiger partial charge in [0.2, 0.25) is 12.7 Å². The zero-order valence-corrected chi connectivity index (χ0v) is 17.2. The maximum Gasteiger partial charge on any atom is 0.332 e. The summed E-state index contributed by atoms with van der Waals surface area (Å²) in [6.07, 6.45) is 0.609. The first-order valence-electron chi connectivity index (χ1n) is 9.36. The van der Waals surface area contributed by atoms with E-state index in [4.69, 9.17) is 9.47 Å². The third kappa shape index (κ3) is 3.39. The Hall–Kier alpha value is -3.40. The molecule has 0 aliphatic carbocycles. The number of aromatic nitrogens is 2. The molecule has 0 saturated carbocycles. The van der Waals surface area contributed by atoms with Gasteiger partial charge in [0.05, 0.1) is 11.2 Å². The SMILES string of the molecule is CCCn1c(=O)c2sccc2n(CC(=O)Nc2cc3c(cc2C(C)=O)OCO3)c1=O. The van der Waals surface area contributed by atoms with Crippen molar-refractivity contribution in [3.8, 4) is 11.5 Å². The number of carbonyl (C=O) groups is 2. The third-order valence-corrected chi connectivity index (χ3v) is 5.64. The largest absolute Gasteiger partial charge is 0.454 e. The van der Waals surface area contributed by atoms with Crippen molar-refractivity contribution >= 4 is 38.9 Å². The highest BCUT2D eigenvalue weighted by molar-refractivity contribution is 7.17. The number of thiophene rings is 1. The van der Waals surface area contributed by atoms with E-state index in [9.17, 15) is 19.2 Å². The van der Waals surface area contributed by atoms with Crippen LogP contribution in [0, 0.1) is 0 Å². The lowest BCUT2D eigenvalue weighted by atomic mass is 10.1. The predicted octanol–water partition coefficient (Wildman–Crippen LogP) is 2.20. The first-order valence-corrected chi connectivity index (χ1v) is 10.2. The lowest BCUT2D eigenvalue weighted by Crippen LogP contribution is -2.41. The minimum Gasteiger partial charge on any atom is -0.454 e. The van der Waals surface area contributed by atoms with Gasteiger partial charge < -0.3 is 14.8 Å². The molecule has 1 N–H and O–H groups in total. The molecule has 2 aromatic heterocycles. The summed E-state index contributed by atoms with van der Waals surface area (Å²) in [7, 11) is 0. The van der Waals surface area contributed by atoms with E-state index < -0.39 is 11.6 Å². The van der Waals surface area contributed by atoms with Crippen molar-refractivity contribution in [2.75, 3.05) is 12.1 Å². The molecule has 0 radical (unpaired) electrons. The van der Waals surface area contributed by atoms with Gasteiger partial charge in [0.1, 0.15) is 11.2 Å². The second kappa shape index (κ2) is 7.79. The van der Waals surface area contributed by atoms with Crippen LogP contribution in [0.2, 0.25) is 0 Å². The Morgan fingerprint density at radius 2 is 1.90 bits per heavy atom. The van der Waals surface area contributed by atoms with Gasteiger partial charge in [-0.1, -0.05) is 6.92 Å². The number of ether oxygens (including phenoxy) is 2. The number of benzene rings is 1. The standard InChI is InChI=1S/C20H19N3O6S/c1-3-5-22-19(26)18-14(4-6-30-18)23(20(22)27)9-17(25)21-13-8-16-15(28-10-29-16)7-12(13)11(2)24/h4,6-8H,3,5,9-10H2,1-2H3,(H,21,25). The van der Waals surface area contributed by atoms with Gasteiger partial charge in [-0.15, -0.1) is 11.3 Å². The zero-order chi connectivity index (χ0) is 21.4. The number of anilines is 1. The predicted molar refractivity (Wildman–Crippen MR) is 112 cm³/mol. The summed E-state index contributed by atoms with van der Waals surface area (Å²) >= 11 is 1.23. The van der Waals surface area contributed by atoms with Crippen LogP contribution in [0.4, 0.5) is 5.69 Å². The van der Waals surface area contributed by atoms with Crippen molar-refractivity contribution in [3.05, 3.63) is 50.0 Å². The average molecular weight is 429 g/mol. The van der Waals surface area contributed by atoms with E-state index in [0.29, 0.717) is 28.1 Å². The lowest BCUT2D eigenvalue weighted by Gasteiger charge is -2.13. The molecular weight excluding hydrogens is 410 g/mol. The maximum atomic E-state index is 12.9. The van der Waals surface area contributed by atoms with Gasteiger partial charge in [0, 0.05) is 18.2 Å². The van der Waals surface area contributed by atoms with Gasteiger partial charge in [-0.3, -0.25) is 23.5 Å². The van der Waals surface area contributed by atoms with Crippen molar-refractivity contribution in [2.24, 2.45) is 0 Å². The van der Waals surface area contributed by atoms with E-state index in [2.05, 4.69) is 5.32 Å². The van der Waals surface area contributed by atoms with E-state index in [1.807, 2.05) is 6.92 Å². The second-order valence-corrected chi connectivity index (χ2v) is 7.73. The van der Waals surface area contributed by atoms with Gasteiger partial charge in [0.25, 0.3) is 5.56 Å². The highest BCUT2D eigenvalue weighted by Crippen LogP contribution is 2.37. The van der Waals surface area contributed by atoms with E-state index in [0.717, 1.165) is 4.57 Å². The van der Waals surface area contributed by atoms with Gasteiger partial charge in [-0.25, -0.2) is 4.79 Å². The van der Waals surface area contributed by atoms with Crippen molar-refractivity contribution < 1.29 is 19.1 Å². The van der Waals surface area contributed by atoms with Crippen molar-refractivity contribution in [2.45, 2.75) is 33.4 Å². The summed E-state index contributed by atoms with van der Waals surface area (Å²) in [5.41, 5.74) is 0.0679. The summed E-state index contributed by atoms with van der Waals surface area (Å²) in [4.78, 5) is 50.2. The molecule has 1 amide bonds. The normalized spacial score (nSPS) is 12.3. The van der Waals surface area contributed by atoms with E-state index in [-0.39, 0.29) is 42.5 Å². The van der Waals surface area contributed by atoms with Crippen molar-refractivity contribution in [1.82, 2.24) is 9.13 Å². The molecule has 0 atom stereocenters. The van der Waals surface area contributed by atoms with Gasteiger partial charge >= 0.3 is 5.69 Å². The van der Waals surface area contributed by atoms with Crippen LogP contribution in [0.1, 0.15) is 30.6 Å². The van der Waals surface area contributed by atoms with Crippen LogP contribution >= 0.6 is 11.3 Å². The molecule has 4 rings (SSSR count). The Bertz CT molecular complexity index is 1290. The first kappa shape index (κ1) is 19.9. The Morgan fingerprint density at radius 3 is 2.60 bits per heavy atom. The number of amides is 1. The molecule has 3 aromatic rings. The molecule has 9 nitrogen and oxygen atoms in total. The number of nitrogens with zero attached hydrogens (tertiary/aromatic N) is 2. The molecule has 30 heavy (non-hydrogen) atoms. The third-order valence-electron chi connectivity index (χ3n) is 4.75. The Labute approximate surface area is 174 Å². The number of fused-ring (bicyclic) bond motifs is 2. The van der Waals surface area contributed by atoms with Crippen LogP contribution < -0.4 is 26.0 Å². The highest BCUT2D eigenvalue weighted by Gasteiger charge is 2.21. The van der Waals surface area contributed by atoms with E-state index in [1.165, 1.54) is 35.0 Å². The van der Waals surface area contributed by atoms with Crippen LogP contribution in [0.5, 0.6) is 11.5 Å². The second-order valence-electron chi connectivity index (χ2n) is 6.82. The van der Waals surface area contributed by atoms with Crippen LogP contribution in [0.3, 0.4) is 0 Å². The number of rotatable bonds is 6. The lowest BCUT2D eigenvalue weighted by molar-refractivity contribution is -0.116. The number of Topliss-reactive ketones (excluding diaryl/α,β-unsaturated/α-hetero) is 1. The fraction of sp³-hybridized carbons (Fsp3) is 0.300. The Kier molecular flexibility index (Phi) is 5.17. The highest BCUT2D eigenvalue weighted by atomic mass is 32.1. The maximum absolute atomic E-state index is 12.9. The fourth-order valence-electron chi connectivity index (χ4n) is 3.38. The van der Waals surface area contributed by atoms with Gasteiger partial charge in [-0.2, -0.15) is 0 Å². The minimum absolute atomic E-state index is 0.0363. The number of carbonyl (C=O) groups excluding carboxylic acids is 2. The molecule has 0 saturated heterocycles. The zero-order valence-electron chi connectivity index (χ0n) is 16.4. The van der Waals surface area contributed by atoms with Crippen LogP contribution in [0.15, 0.2) is 33.2 Å². The fourth-order valence-corrected chi connectivity index (χ4v) is 4.22. The average Bonchev–Trinajstić information content (AvgIpc) is 3.36. The van der Waals surface area contributed by atoms with Crippen LogP contribution in [-0.2, 0) is 17.9 Å². The minimum atomic E-state index is -0.541. The molecule has 0 unspecified atom stereocenters. The summed E-state index contributed by atoms with van der Waals surface area (Å²) in [5.74, 6) is 0.0929. The van der Waals surface area contributed by atoms with E-state index in [1.54, 1.807) is 11.4 Å². The topological polar surface area (TPSA) is 109 Å². The van der Waals surface area contributed by atoms with Gasteiger partial charge in [0.15, 0.2) is 17.3 Å². The molecular formula is C20H19N3O6S. The number of hydrogen-bond acceptors (Lipinski definition) is 7. The molecule has 1 aliphatic rings. The molecule has 3 heterocycles. The van der Waals surface area contributed by atoms with Crippen LogP contribution in [0.25, 0.3) is 10.2 Å².